The number of carbonyl (C=O) groups excluding carboxylic acids is 3. The van der Waals surface area contributed by atoms with Gasteiger partial charge in [-0.15, -0.1) is 0 Å². The number of hydrogen-bond donors (Lipinski definition) is 2. The van der Waals surface area contributed by atoms with E-state index in [0.29, 0.717) is 32.2 Å². The first-order valence-corrected chi connectivity index (χ1v) is 10.5. The molecule has 0 saturated heterocycles. The number of unbranched alkanes of at least 4 members (excludes halogenated alkanes) is 1. The molecule has 0 spiro atoms. The molecule has 0 fully saturated rings. The number of para-hydroxylation sites is 1. The molecule has 8 heteroatoms. The van der Waals surface area contributed by atoms with Crippen molar-refractivity contribution in [3.05, 3.63) is 36.0 Å². The first kappa shape index (κ1) is 24.2. The van der Waals surface area contributed by atoms with Crippen molar-refractivity contribution in [1.29, 1.82) is 0 Å². The third kappa shape index (κ3) is 7.62. The second kappa shape index (κ2) is 10.8. The van der Waals surface area contributed by atoms with Crippen molar-refractivity contribution in [3.8, 4) is 0 Å². The van der Waals surface area contributed by atoms with Gasteiger partial charge in [0.05, 0.1) is 7.11 Å². The lowest BCUT2D eigenvalue weighted by molar-refractivity contribution is -0.140. The van der Waals surface area contributed by atoms with E-state index in [1.165, 1.54) is 7.11 Å². The molecule has 0 aliphatic heterocycles. The Morgan fingerprint density at radius 1 is 1.13 bits per heavy atom. The molecule has 2 aromatic rings. The average molecular weight is 432 g/mol. The normalized spacial score (nSPS) is 12.3. The molecule has 31 heavy (non-hydrogen) atoms. The fraction of sp³-hybridized carbons (Fsp3) is 0.522. The van der Waals surface area contributed by atoms with Crippen LogP contribution in [0.4, 0.5) is 4.79 Å². The van der Waals surface area contributed by atoms with Crippen LogP contribution in [-0.2, 0) is 32.5 Å². The van der Waals surface area contributed by atoms with Gasteiger partial charge < -0.3 is 24.7 Å². The molecule has 170 valence electrons. The van der Waals surface area contributed by atoms with Crippen LogP contribution >= 0.6 is 0 Å². The van der Waals surface area contributed by atoms with Crippen LogP contribution in [0.3, 0.4) is 0 Å². The number of methoxy groups -OCH3 is 1. The number of amides is 2. The second-order valence-corrected chi connectivity index (χ2v) is 8.51. The number of nitrogens with one attached hydrogen (secondary N) is 2. The summed E-state index contributed by atoms with van der Waals surface area (Å²) in [6.45, 7) is 5.72. The molecule has 1 heterocycles. The Hall–Kier alpha value is -3.03. The number of nitrogens with zero attached hydrogens (tertiary/aromatic N) is 1. The number of aromatic nitrogens is 1. The molecule has 0 saturated carbocycles. The third-order valence-electron chi connectivity index (χ3n) is 4.75. The maximum Gasteiger partial charge on any atom is 0.408 e. The van der Waals surface area contributed by atoms with Gasteiger partial charge in [0, 0.05) is 43.5 Å². The highest BCUT2D eigenvalue weighted by atomic mass is 16.6. The number of fused-ring (bicyclic) bond motifs is 1. The van der Waals surface area contributed by atoms with E-state index in [4.69, 9.17) is 4.74 Å². The Kier molecular flexibility index (Phi) is 8.47. The lowest BCUT2D eigenvalue weighted by Crippen LogP contribution is -2.49. The number of rotatable bonds is 9. The zero-order chi connectivity index (χ0) is 23.0. The minimum absolute atomic E-state index is 0.272. The smallest absolute Gasteiger partial charge is 0.408 e. The Labute approximate surface area is 183 Å². The SMILES string of the molecule is COC(=O)CCCCNC(=O)[C@@H](Cc1cn(C)c2ccccc12)NC(=O)OC(C)(C)C. The molecule has 0 bridgehead atoms. The average Bonchev–Trinajstić information content (AvgIpc) is 3.01. The van der Waals surface area contributed by atoms with Crippen molar-refractivity contribution in [2.75, 3.05) is 13.7 Å². The van der Waals surface area contributed by atoms with Crippen molar-refractivity contribution in [2.24, 2.45) is 7.05 Å². The Morgan fingerprint density at radius 2 is 1.84 bits per heavy atom. The highest BCUT2D eigenvalue weighted by Gasteiger charge is 2.25. The Bertz CT molecular complexity index is 914. The largest absolute Gasteiger partial charge is 0.469 e. The number of alkyl carbamates (subject to hydrolysis) is 1. The quantitative estimate of drug-likeness (QED) is 0.470. The summed E-state index contributed by atoms with van der Waals surface area (Å²) in [6, 6.07) is 7.13. The summed E-state index contributed by atoms with van der Waals surface area (Å²) in [5, 5.41) is 6.59. The topological polar surface area (TPSA) is 98.7 Å². The van der Waals surface area contributed by atoms with Crippen LogP contribution in [0.15, 0.2) is 30.5 Å². The molecule has 2 rings (SSSR count). The second-order valence-electron chi connectivity index (χ2n) is 8.51. The van der Waals surface area contributed by atoms with E-state index in [-0.39, 0.29) is 11.9 Å². The summed E-state index contributed by atoms with van der Waals surface area (Å²) in [5.74, 6) is -0.566. The van der Waals surface area contributed by atoms with Gasteiger partial charge in [-0.05, 0) is 45.2 Å². The molecule has 1 aromatic heterocycles. The van der Waals surface area contributed by atoms with Crippen LogP contribution < -0.4 is 10.6 Å². The van der Waals surface area contributed by atoms with E-state index in [2.05, 4.69) is 15.4 Å². The molecular weight excluding hydrogens is 398 g/mol. The summed E-state index contributed by atoms with van der Waals surface area (Å²) in [6.07, 6.45) is 3.21. The van der Waals surface area contributed by atoms with Crippen molar-refractivity contribution in [1.82, 2.24) is 15.2 Å². The van der Waals surface area contributed by atoms with E-state index in [1.807, 2.05) is 42.1 Å². The number of carbonyl (C=O) groups is 3. The number of hydrogen-bond acceptors (Lipinski definition) is 5. The molecule has 8 nitrogen and oxygen atoms in total. The monoisotopic (exact) mass is 431 g/mol. The van der Waals surface area contributed by atoms with Crippen molar-refractivity contribution >= 4 is 28.9 Å². The molecule has 0 unspecified atom stereocenters. The molecule has 0 aliphatic rings. The summed E-state index contributed by atoms with van der Waals surface area (Å²) in [7, 11) is 3.30. The van der Waals surface area contributed by atoms with Gasteiger partial charge >= 0.3 is 12.1 Å². The van der Waals surface area contributed by atoms with Crippen LogP contribution in [0, 0.1) is 0 Å². The molecule has 0 aliphatic carbocycles. The summed E-state index contributed by atoms with van der Waals surface area (Å²) < 4.78 is 12.0. The van der Waals surface area contributed by atoms with Gasteiger partial charge in [-0.25, -0.2) is 4.79 Å². The number of esters is 1. The first-order valence-electron chi connectivity index (χ1n) is 10.5. The Balaban J connectivity index is 2.07. The van der Waals surface area contributed by atoms with E-state index < -0.39 is 17.7 Å². The molecule has 0 radical (unpaired) electrons. The van der Waals surface area contributed by atoms with Crippen LogP contribution in [0.2, 0.25) is 0 Å². The molecular formula is C23H33N3O5. The zero-order valence-corrected chi connectivity index (χ0v) is 19.0. The highest BCUT2D eigenvalue weighted by Crippen LogP contribution is 2.22. The lowest BCUT2D eigenvalue weighted by Gasteiger charge is -2.23. The number of benzene rings is 1. The predicted molar refractivity (Wildman–Crippen MR) is 119 cm³/mol. The zero-order valence-electron chi connectivity index (χ0n) is 19.0. The van der Waals surface area contributed by atoms with Gasteiger partial charge in [-0.3, -0.25) is 9.59 Å². The minimum Gasteiger partial charge on any atom is -0.469 e. The van der Waals surface area contributed by atoms with Gasteiger partial charge in [0.1, 0.15) is 11.6 Å². The van der Waals surface area contributed by atoms with E-state index in [0.717, 1.165) is 16.5 Å². The molecule has 2 amide bonds. The summed E-state index contributed by atoms with van der Waals surface area (Å²) >= 11 is 0. The molecule has 1 aromatic carbocycles. The maximum atomic E-state index is 12.9. The summed E-state index contributed by atoms with van der Waals surface area (Å²) in [5.41, 5.74) is 1.34. The standard InChI is InChI=1S/C23H33N3O5/c1-23(2,3)31-22(29)25-18(21(28)24-13-9-8-12-20(27)30-5)14-16-15-26(4)19-11-7-6-10-17(16)19/h6-7,10-11,15,18H,8-9,12-14H2,1-5H3,(H,24,28)(H,25,29)/t18-/m1/s1. The van der Waals surface area contributed by atoms with E-state index in [9.17, 15) is 14.4 Å². The fourth-order valence-electron chi connectivity index (χ4n) is 3.30. The lowest BCUT2D eigenvalue weighted by atomic mass is 10.0. The van der Waals surface area contributed by atoms with Gasteiger partial charge in [0.15, 0.2) is 0 Å². The maximum absolute atomic E-state index is 12.9. The van der Waals surface area contributed by atoms with Crippen LogP contribution in [0.1, 0.15) is 45.6 Å². The van der Waals surface area contributed by atoms with Crippen molar-refractivity contribution in [3.63, 3.8) is 0 Å². The minimum atomic E-state index is -0.790. The van der Waals surface area contributed by atoms with Crippen molar-refractivity contribution in [2.45, 2.75) is 58.1 Å². The van der Waals surface area contributed by atoms with Gasteiger partial charge in [-0.1, -0.05) is 18.2 Å². The Morgan fingerprint density at radius 3 is 2.52 bits per heavy atom. The first-order chi connectivity index (χ1) is 14.6. The van der Waals surface area contributed by atoms with Crippen LogP contribution in [0.25, 0.3) is 10.9 Å². The molecule has 1 atom stereocenters. The van der Waals surface area contributed by atoms with Crippen molar-refractivity contribution < 1.29 is 23.9 Å². The third-order valence-corrected chi connectivity index (χ3v) is 4.75. The number of ether oxygens (including phenoxy) is 2. The summed E-state index contributed by atoms with van der Waals surface area (Å²) in [4.78, 5) is 36.4. The number of aryl methyl sites for hydroxylation is 1. The molecule has 2 N–H and O–H groups in total. The predicted octanol–water partition coefficient (Wildman–Crippen LogP) is 3.07. The fourth-order valence-corrected chi connectivity index (χ4v) is 3.30. The van der Waals surface area contributed by atoms with E-state index in [1.54, 1.807) is 20.8 Å². The highest BCUT2D eigenvalue weighted by molar-refractivity contribution is 5.88. The van der Waals surface area contributed by atoms with Gasteiger partial charge in [-0.2, -0.15) is 0 Å². The van der Waals surface area contributed by atoms with E-state index >= 15 is 0 Å². The van der Waals surface area contributed by atoms with Crippen LogP contribution in [0.5, 0.6) is 0 Å². The van der Waals surface area contributed by atoms with Gasteiger partial charge in [0.2, 0.25) is 5.91 Å². The van der Waals surface area contributed by atoms with Crippen LogP contribution in [-0.4, -0.2) is 47.8 Å². The van der Waals surface area contributed by atoms with Gasteiger partial charge in [0.25, 0.3) is 0 Å².